The molecule has 3 radical (unpaired) electrons. The third-order valence-corrected chi connectivity index (χ3v) is 0. The average Bonchev–Trinajstić information content (AvgIpc) is 0. The zero-order valence-corrected chi connectivity index (χ0v) is 5.59. The van der Waals surface area contributed by atoms with E-state index in [4.69, 9.17) is 0 Å². The van der Waals surface area contributed by atoms with E-state index in [-0.39, 0.29) is 65.1 Å². The van der Waals surface area contributed by atoms with Gasteiger partial charge in [-0.3, -0.25) is 0 Å². The molecule has 2 nitrogen and oxygen atoms in total. The van der Waals surface area contributed by atoms with Gasteiger partial charge in [0.25, 0.3) is 0 Å². The summed E-state index contributed by atoms with van der Waals surface area (Å²) in [7, 11) is 0. The van der Waals surface area contributed by atoms with Crippen LogP contribution in [0.25, 0.3) is 0 Å². The SMILES string of the molecule is [Ce+3].[Cl+].[O-2].[O-2]. The molecule has 0 bridgehead atoms. The third-order valence-electron chi connectivity index (χ3n) is 0. The molecule has 0 spiro atoms. The first-order valence-electron chi connectivity index (χ1n) is 0. The van der Waals surface area contributed by atoms with E-state index >= 15 is 0 Å². The van der Waals surface area contributed by atoms with Crippen molar-refractivity contribution < 1.29 is 65.1 Å². The van der Waals surface area contributed by atoms with Gasteiger partial charge in [-0.2, -0.15) is 0 Å². The van der Waals surface area contributed by atoms with Crippen LogP contribution >= 0.6 is 0 Å². The van der Waals surface area contributed by atoms with Crippen LogP contribution in [0, 0.1) is 54.2 Å². The summed E-state index contributed by atoms with van der Waals surface area (Å²) in [5, 5.41) is 0. The Morgan fingerprint density at radius 2 is 0.750 bits per heavy atom. The second-order valence-electron chi connectivity index (χ2n) is 0. The molecular weight excluding hydrogens is 208 g/mol. The summed E-state index contributed by atoms with van der Waals surface area (Å²) in [4.78, 5) is 0. The van der Waals surface area contributed by atoms with Crippen molar-refractivity contribution in [2.24, 2.45) is 0 Å². The fourth-order valence-electron chi connectivity index (χ4n) is 0. The molecule has 0 aliphatic carbocycles. The molecule has 0 fully saturated rings. The summed E-state index contributed by atoms with van der Waals surface area (Å²) < 4.78 is 0. The minimum atomic E-state index is 0. The zero-order chi connectivity index (χ0) is 0. The fourth-order valence-corrected chi connectivity index (χ4v) is 0. The smallest absolute Gasteiger partial charge is 2.00 e. The molecular formula is CeClO2. The van der Waals surface area contributed by atoms with Gasteiger partial charge in [0.1, 0.15) is 0 Å². The van der Waals surface area contributed by atoms with E-state index in [1.807, 2.05) is 0 Å². The second-order valence-corrected chi connectivity index (χ2v) is 0. The molecule has 0 rings (SSSR count). The number of hydrogen-bond donors (Lipinski definition) is 0. The maximum Gasteiger partial charge on any atom is 3.00 e. The van der Waals surface area contributed by atoms with Gasteiger partial charge in [-0.15, -0.1) is 0 Å². The summed E-state index contributed by atoms with van der Waals surface area (Å²) >= 11 is 0. The summed E-state index contributed by atoms with van der Waals surface area (Å²) in [6.45, 7) is 0. The van der Waals surface area contributed by atoms with Gasteiger partial charge < -0.3 is 11.0 Å². The van der Waals surface area contributed by atoms with Crippen molar-refractivity contribution in [2.75, 3.05) is 0 Å². The normalized spacial score (nSPS) is 0. The molecule has 0 N–H and O–H groups in total. The molecule has 0 saturated carbocycles. The minimum absolute atomic E-state index is 0. The van der Waals surface area contributed by atoms with E-state index in [9.17, 15) is 0 Å². The Labute approximate surface area is 64.4 Å². The molecule has 0 aliphatic heterocycles. The van der Waals surface area contributed by atoms with Gasteiger partial charge in [0.15, 0.2) is 0 Å². The van der Waals surface area contributed by atoms with E-state index < -0.39 is 0 Å². The Kier molecular flexibility index (Phi) is 274. The Balaban J connectivity index is 0. The summed E-state index contributed by atoms with van der Waals surface area (Å²) in [6.07, 6.45) is 0. The second kappa shape index (κ2) is 23.4. The fraction of sp³-hybridized carbons (Fsp3) is 0. The van der Waals surface area contributed by atoms with Crippen molar-refractivity contribution in [3.63, 3.8) is 0 Å². The first kappa shape index (κ1) is 46.7. The predicted octanol–water partition coefficient (Wildman–Crippen LogP) is -0.238. The quantitative estimate of drug-likeness (QED) is 0.527. The Morgan fingerprint density at radius 3 is 0.750 bits per heavy atom. The van der Waals surface area contributed by atoms with E-state index in [0.29, 0.717) is 0 Å². The molecule has 4 heavy (non-hydrogen) atoms. The van der Waals surface area contributed by atoms with Crippen molar-refractivity contribution in [2.45, 2.75) is 0 Å². The van der Waals surface area contributed by atoms with E-state index in [1.165, 1.54) is 0 Å². The van der Waals surface area contributed by atoms with Crippen LogP contribution in [0.2, 0.25) is 0 Å². The predicted molar refractivity (Wildman–Crippen MR) is 1.37 cm³/mol. The number of rotatable bonds is 0. The largest absolute Gasteiger partial charge is 3.00 e. The van der Waals surface area contributed by atoms with Crippen molar-refractivity contribution in [1.29, 1.82) is 0 Å². The van der Waals surface area contributed by atoms with Crippen LogP contribution in [0.4, 0.5) is 0 Å². The van der Waals surface area contributed by atoms with Gasteiger partial charge in [-0.25, -0.2) is 0 Å². The number of hydrogen-bond acceptors (Lipinski definition) is 0. The van der Waals surface area contributed by atoms with Crippen molar-refractivity contribution >= 4 is 0 Å². The van der Waals surface area contributed by atoms with Gasteiger partial charge in [0, 0.05) is 0 Å². The molecule has 0 aromatic rings. The first-order valence-corrected chi connectivity index (χ1v) is 0. The van der Waals surface area contributed by atoms with Gasteiger partial charge in [-0.05, 0) is 0 Å². The topological polar surface area (TPSA) is 57.0 Å². The standard InChI is InChI=1S/Ce.Cl.2O/q+3;+1;2*-2. The Hall–Kier alpha value is 1.59. The maximum atomic E-state index is 0. The van der Waals surface area contributed by atoms with E-state index in [1.54, 1.807) is 0 Å². The molecule has 0 aliphatic rings. The van der Waals surface area contributed by atoms with Crippen LogP contribution < -0.4 is 0 Å². The molecule has 0 atom stereocenters. The van der Waals surface area contributed by atoms with Crippen molar-refractivity contribution in [1.82, 2.24) is 0 Å². The molecule has 0 heterocycles. The first-order chi connectivity index (χ1) is 0. The van der Waals surface area contributed by atoms with E-state index in [2.05, 4.69) is 0 Å². The molecule has 23 valence electrons. The van der Waals surface area contributed by atoms with Crippen LogP contribution in [0.3, 0.4) is 0 Å². The van der Waals surface area contributed by atoms with Crippen LogP contribution in [-0.4, -0.2) is 0 Å². The molecule has 0 aromatic heterocycles. The molecule has 4 heteroatoms. The summed E-state index contributed by atoms with van der Waals surface area (Å²) in [5.74, 6) is 0. The molecule has 0 aromatic carbocycles. The van der Waals surface area contributed by atoms with Gasteiger partial charge in [0.05, 0.1) is 0 Å². The van der Waals surface area contributed by atoms with E-state index in [0.717, 1.165) is 0 Å². The van der Waals surface area contributed by atoms with Gasteiger partial charge in [0.2, 0.25) is 0 Å². The van der Waals surface area contributed by atoms with Crippen LogP contribution in [0.5, 0.6) is 0 Å². The van der Waals surface area contributed by atoms with Crippen LogP contribution in [-0.2, 0) is 11.0 Å². The Morgan fingerprint density at radius 1 is 0.750 bits per heavy atom. The molecule has 0 amide bonds. The van der Waals surface area contributed by atoms with Crippen LogP contribution in [0.1, 0.15) is 0 Å². The molecule has 0 unspecified atom stereocenters. The third kappa shape index (κ3) is 9.53. The number of halogens is 1. The van der Waals surface area contributed by atoms with Crippen LogP contribution in [0.15, 0.2) is 0 Å². The monoisotopic (exact) mass is 207 g/mol. The molecule has 0 saturated heterocycles. The van der Waals surface area contributed by atoms with Gasteiger partial charge >= 0.3 is 54.2 Å². The Bertz CT molecular complexity index is 6.00. The van der Waals surface area contributed by atoms with Crippen molar-refractivity contribution in [3.8, 4) is 0 Å². The van der Waals surface area contributed by atoms with Gasteiger partial charge in [-0.1, -0.05) is 0 Å². The summed E-state index contributed by atoms with van der Waals surface area (Å²) in [5.41, 5.74) is 0. The van der Waals surface area contributed by atoms with Crippen molar-refractivity contribution in [3.05, 3.63) is 0 Å². The zero-order valence-electron chi connectivity index (χ0n) is 1.69. The maximum absolute atomic E-state index is 0. The average molecular weight is 208 g/mol. The minimum Gasteiger partial charge on any atom is -2.00 e. The summed E-state index contributed by atoms with van der Waals surface area (Å²) in [6, 6.07) is 0.